The summed E-state index contributed by atoms with van der Waals surface area (Å²) in [5, 5.41) is 2.90. The molecule has 0 unspecified atom stereocenters. The van der Waals surface area contributed by atoms with Crippen LogP contribution in [0.1, 0.15) is 22.8 Å². The maximum atomic E-state index is 12.5. The van der Waals surface area contributed by atoms with Crippen molar-refractivity contribution in [1.82, 2.24) is 0 Å². The predicted molar refractivity (Wildman–Crippen MR) is 108 cm³/mol. The summed E-state index contributed by atoms with van der Waals surface area (Å²) in [5.41, 5.74) is 2.48. The van der Waals surface area contributed by atoms with E-state index in [9.17, 15) is 4.79 Å². The number of benzene rings is 3. The van der Waals surface area contributed by atoms with Crippen LogP contribution in [-0.2, 0) is 6.42 Å². The van der Waals surface area contributed by atoms with Crippen molar-refractivity contribution in [2.75, 3.05) is 18.5 Å². The Morgan fingerprint density at radius 1 is 0.852 bits per heavy atom. The van der Waals surface area contributed by atoms with Crippen molar-refractivity contribution >= 4 is 11.6 Å². The van der Waals surface area contributed by atoms with Gasteiger partial charge in [0.1, 0.15) is 11.5 Å². The second-order valence-electron chi connectivity index (χ2n) is 6.03. The van der Waals surface area contributed by atoms with Crippen LogP contribution in [0.3, 0.4) is 0 Å². The van der Waals surface area contributed by atoms with Crippen LogP contribution in [-0.4, -0.2) is 19.1 Å². The second-order valence-corrected chi connectivity index (χ2v) is 6.03. The van der Waals surface area contributed by atoms with Crippen LogP contribution in [0.4, 0.5) is 5.69 Å². The molecule has 0 bridgehead atoms. The Balaban J connectivity index is 1.58. The van der Waals surface area contributed by atoms with Crippen LogP contribution < -0.4 is 14.8 Å². The predicted octanol–water partition coefficient (Wildman–Crippen LogP) is 4.96. The van der Waals surface area contributed by atoms with Crippen LogP contribution in [0.15, 0.2) is 78.9 Å². The van der Waals surface area contributed by atoms with Gasteiger partial charge in [0, 0.05) is 23.7 Å². The maximum Gasteiger partial charge on any atom is 0.255 e. The number of amides is 1. The molecule has 4 heteroatoms. The summed E-state index contributed by atoms with van der Waals surface area (Å²) in [7, 11) is 0. The Morgan fingerprint density at radius 3 is 2.37 bits per heavy atom. The van der Waals surface area contributed by atoms with Crippen molar-refractivity contribution in [3.63, 3.8) is 0 Å². The molecule has 4 nitrogen and oxygen atoms in total. The molecule has 0 aromatic heterocycles. The van der Waals surface area contributed by atoms with Crippen molar-refractivity contribution < 1.29 is 14.3 Å². The van der Waals surface area contributed by atoms with Crippen LogP contribution in [0.5, 0.6) is 11.5 Å². The summed E-state index contributed by atoms with van der Waals surface area (Å²) in [5.74, 6) is 1.23. The number of hydrogen-bond acceptors (Lipinski definition) is 3. The molecule has 27 heavy (non-hydrogen) atoms. The number of carbonyl (C=O) groups excluding carboxylic acids is 1. The normalized spacial score (nSPS) is 10.3. The molecule has 0 aliphatic heterocycles. The molecule has 138 valence electrons. The van der Waals surface area contributed by atoms with E-state index in [1.165, 1.54) is 5.56 Å². The number of nitrogens with one attached hydrogen (secondary N) is 1. The second kappa shape index (κ2) is 9.43. The Hall–Kier alpha value is -3.27. The zero-order valence-electron chi connectivity index (χ0n) is 15.4. The molecule has 0 atom stereocenters. The molecule has 0 radical (unpaired) electrons. The zero-order valence-corrected chi connectivity index (χ0v) is 15.4. The number of anilines is 1. The highest BCUT2D eigenvalue weighted by Crippen LogP contribution is 2.20. The first-order chi connectivity index (χ1) is 13.2. The van der Waals surface area contributed by atoms with Gasteiger partial charge in [0.25, 0.3) is 5.91 Å². The fraction of sp³-hybridized carbons (Fsp3) is 0.174. The third-order valence-corrected chi connectivity index (χ3v) is 4.00. The van der Waals surface area contributed by atoms with Crippen LogP contribution in [0.2, 0.25) is 0 Å². The minimum Gasteiger partial charge on any atom is -0.494 e. The van der Waals surface area contributed by atoms with Crippen molar-refractivity contribution in [2.24, 2.45) is 0 Å². The molecular weight excluding hydrogens is 338 g/mol. The molecule has 0 aliphatic rings. The molecule has 0 spiro atoms. The van der Waals surface area contributed by atoms with Gasteiger partial charge in [0.05, 0.1) is 13.2 Å². The standard InChI is InChI=1S/C23H23NO3/c1-2-26-21-12-6-10-19(16-21)23(25)24-20-11-7-13-22(17-20)27-15-14-18-8-4-3-5-9-18/h3-13,16-17H,2,14-15H2,1H3,(H,24,25). The Morgan fingerprint density at radius 2 is 1.59 bits per heavy atom. The topological polar surface area (TPSA) is 47.6 Å². The van der Waals surface area contributed by atoms with Gasteiger partial charge in [-0.3, -0.25) is 4.79 Å². The maximum absolute atomic E-state index is 12.5. The van der Waals surface area contributed by atoms with E-state index in [4.69, 9.17) is 9.47 Å². The van der Waals surface area contributed by atoms with Crippen molar-refractivity contribution in [1.29, 1.82) is 0 Å². The largest absolute Gasteiger partial charge is 0.494 e. The molecule has 0 saturated carbocycles. The molecule has 0 saturated heterocycles. The first-order valence-electron chi connectivity index (χ1n) is 9.05. The lowest BCUT2D eigenvalue weighted by Gasteiger charge is -2.10. The number of rotatable bonds is 8. The number of hydrogen-bond donors (Lipinski definition) is 1. The highest BCUT2D eigenvalue weighted by Gasteiger charge is 2.08. The lowest BCUT2D eigenvalue weighted by atomic mass is 10.2. The van der Waals surface area contributed by atoms with E-state index in [0.29, 0.717) is 30.2 Å². The lowest BCUT2D eigenvalue weighted by molar-refractivity contribution is 0.102. The van der Waals surface area contributed by atoms with Gasteiger partial charge in [-0.25, -0.2) is 0 Å². The van der Waals surface area contributed by atoms with E-state index in [0.717, 1.165) is 12.2 Å². The summed E-state index contributed by atoms with van der Waals surface area (Å²) < 4.78 is 11.3. The van der Waals surface area contributed by atoms with Gasteiger partial charge in [-0.1, -0.05) is 42.5 Å². The Labute approximate surface area is 159 Å². The zero-order chi connectivity index (χ0) is 18.9. The third kappa shape index (κ3) is 5.61. The van der Waals surface area contributed by atoms with Gasteiger partial charge >= 0.3 is 0 Å². The Bertz CT molecular complexity index is 878. The summed E-state index contributed by atoms with van der Waals surface area (Å²) >= 11 is 0. The van der Waals surface area contributed by atoms with Gasteiger partial charge in [-0.2, -0.15) is 0 Å². The molecule has 0 aliphatic carbocycles. The smallest absolute Gasteiger partial charge is 0.255 e. The molecular formula is C23H23NO3. The van der Waals surface area contributed by atoms with E-state index >= 15 is 0 Å². The molecule has 3 rings (SSSR count). The molecule has 0 fully saturated rings. The van der Waals surface area contributed by atoms with E-state index < -0.39 is 0 Å². The first kappa shape index (κ1) is 18.5. The van der Waals surface area contributed by atoms with Gasteiger partial charge in [-0.15, -0.1) is 0 Å². The third-order valence-electron chi connectivity index (χ3n) is 4.00. The summed E-state index contributed by atoms with van der Waals surface area (Å²) in [6.45, 7) is 3.06. The van der Waals surface area contributed by atoms with E-state index in [2.05, 4.69) is 17.4 Å². The monoisotopic (exact) mass is 361 g/mol. The van der Waals surface area contributed by atoms with Crippen LogP contribution in [0, 0.1) is 0 Å². The fourth-order valence-electron chi connectivity index (χ4n) is 2.69. The number of ether oxygens (including phenoxy) is 2. The van der Waals surface area contributed by atoms with Gasteiger partial charge in [0.15, 0.2) is 0 Å². The highest BCUT2D eigenvalue weighted by atomic mass is 16.5. The average molecular weight is 361 g/mol. The fourth-order valence-corrected chi connectivity index (χ4v) is 2.69. The highest BCUT2D eigenvalue weighted by molar-refractivity contribution is 6.04. The van der Waals surface area contributed by atoms with Gasteiger partial charge < -0.3 is 14.8 Å². The summed E-state index contributed by atoms with van der Waals surface area (Å²) in [4.78, 5) is 12.5. The van der Waals surface area contributed by atoms with E-state index in [-0.39, 0.29) is 5.91 Å². The number of carbonyl (C=O) groups is 1. The minimum atomic E-state index is -0.182. The van der Waals surface area contributed by atoms with Crippen molar-refractivity contribution in [3.05, 3.63) is 90.0 Å². The summed E-state index contributed by atoms with van der Waals surface area (Å²) in [6, 6.07) is 24.8. The first-order valence-corrected chi connectivity index (χ1v) is 9.05. The van der Waals surface area contributed by atoms with Crippen molar-refractivity contribution in [2.45, 2.75) is 13.3 Å². The van der Waals surface area contributed by atoms with Crippen LogP contribution >= 0.6 is 0 Å². The quantitative estimate of drug-likeness (QED) is 0.617. The Kier molecular flexibility index (Phi) is 6.47. The molecule has 1 N–H and O–H groups in total. The molecule has 3 aromatic carbocycles. The molecule has 1 amide bonds. The summed E-state index contributed by atoms with van der Waals surface area (Å²) in [6.07, 6.45) is 0.835. The lowest BCUT2D eigenvalue weighted by Crippen LogP contribution is -2.12. The average Bonchev–Trinajstić information content (AvgIpc) is 2.70. The SMILES string of the molecule is CCOc1cccc(C(=O)Nc2cccc(OCCc3ccccc3)c2)c1. The van der Waals surface area contributed by atoms with Gasteiger partial charge in [-0.05, 0) is 42.8 Å². The van der Waals surface area contributed by atoms with Gasteiger partial charge in [0.2, 0.25) is 0 Å². The minimum absolute atomic E-state index is 0.182. The van der Waals surface area contributed by atoms with E-state index in [1.54, 1.807) is 12.1 Å². The molecule has 3 aromatic rings. The molecule has 0 heterocycles. The van der Waals surface area contributed by atoms with Crippen molar-refractivity contribution in [3.8, 4) is 11.5 Å². The van der Waals surface area contributed by atoms with Crippen LogP contribution in [0.25, 0.3) is 0 Å². The van der Waals surface area contributed by atoms with E-state index in [1.807, 2.05) is 61.5 Å².